The third-order valence-electron chi connectivity index (χ3n) is 3.03. The van der Waals surface area contributed by atoms with E-state index in [1.165, 1.54) is 0 Å². The summed E-state index contributed by atoms with van der Waals surface area (Å²) in [7, 11) is 0. The van der Waals surface area contributed by atoms with Gasteiger partial charge in [-0.05, 0) is 12.0 Å². The summed E-state index contributed by atoms with van der Waals surface area (Å²) in [6, 6.07) is 7.96. The molecule has 92 valence electrons. The van der Waals surface area contributed by atoms with Gasteiger partial charge in [0.05, 0.1) is 0 Å². The monoisotopic (exact) mass is 274 g/mol. The van der Waals surface area contributed by atoms with Crippen LogP contribution in [0.5, 0.6) is 0 Å². The number of amides is 4. The molecule has 0 aromatic heterocycles. The predicted octanol–water partition coefficient (Wildman–Crippen LogP) is -0.216. The predicted molar refractivity (Wildman–Crippen MR) is 68.6 cm³/mol. The van der Waals surface area contributed by atoms with Crippen molar-refractivity contribution in [3.8, 4) is 0 Å². The molecule has 1 aliphatic heterocycles. The van der Waals surface area contributed by atoms with E-state index in [1.807, 2.05) is 0 Å². The Balaban J connectivity index is 0.00000162. The molecule has 2 N–H and O–H groups in total. The van der Waals surface area contributed by atoms with Gasteiger partial charge in [0.1, 0.15) is 0 Å². The number of hydrogen-bond acceptors (Lipinski definition) is 3. The second-order valence-corrected chi connectivity index (χ2v) is 3.86. The van der Waals surface area contributed by atoms with Crippen molar-refractivity contribution in [1.29, 1.82) is 0 Å². The van der Waals surface area contributed by atoms with Crippen molar-refractivity contribution in [1.82, 2.24) is 10.6 Å². The summed E-state index contributed by atoms with van der Waals surface area (Å²) in [5.41, 5.74) is -0.722. The van der Waals surface area contributed by atoms with Crippen molar-refractivity contribution in [3.05, 3.63) is 35.9 Å². The Hall–Kier alpha value is -0.910. The molecule has 6 heteroatoms. The summed E-state index contributed by atoms with van der Waals surface area (Å²) in [6.07, 6.45) is 0.294. The zero-order valence-electron chi connectivity index (χ0n) is 9.32. The summed E-state index contributed by atoms with van der Waals surface area (Å²) in [6.45, 7) is 1.74. The molecule has 1 heterocycles. The van der Waals surface area contributed by atoms with E-state index < -0.39 is 23.3 Å². The fourth-order valence-corrected chi connectivity index (χ4v) is 2.06. The first-order valence-electron chi connectivity index (χ1n) is 5.33. The Morgan fingerprint density at radius 2 is 1.50 bits per heavy atom. The quantitative estimate of drug-likeness (QED) is 0.578. The van der Waals surface area contributed by atoms with E-state index in [9.17, 15) is 14.4 Å². The van der Waals surface area contributed by atoms with Gasteiger partial charge in [-0.1, -0.05) is 37.3 Å². The molecule has 4 amide bonds. The molecule has 1 aliphatic rings. The van der Waals surface area contributed by atoms with Crippen molar-refractivity contribution in [2.24, 2.45) is 0 Å². The van der Waals surface area contributed by atoms with Crippen molar-refractivity contribution in [3.63, 3.8) is 0 Å². The third kappa shape index (κ3) is 2.30. The zero-order valence-corrected chi connectivity index (χ0v) is 9.32. The fraction of sp³-hybridized carbons (Fsp3) is 0.250. The number of nitrogens with one attached hydrogen (secondary N) is 2. The average molecular weight is 274 g/mol. The summed E-state index contributed by atoms with van der Waals surface area (Å²) in [5, 5.41) is 4.28. The Morgan fingerprint density at radius 1 is 1.00 bits per heavy atom. The van der Waals surface area contributed by atoms with E-state index in [0.717, 1.165) is 0 Å². The average Bonchev–Trinajstić information content (AvgIpc) is 2.30. The third-order valence-corrected chi connectivity index (χ3v) is 3.03. The van der Waals surface area contributed by atoms with E-state index in [0.29, 0.717) is 12.0 Å². The fourth-order valence-electron chi connectivity index (χ4n) is 2.06. The molecule has 1 fully saturated rings. The number of carbonyl (C=O) groups excluding carboxylic acids is 3. The van der Waals surface area contributed by atoms with Crippen molar-refractivity contribution in [2.75, 3.05) is 0 Å². The molecule has 0 atom stereocenters. The first-order chi connectivity index (χ1) is 8.11. The molecule has 0 radical (unpaired) electrons. The van der Waals surface area contributed by atoms with Crippen LogP contribution in [-0.2, 0) is 15.0 Å². The number of urea groups is 1. The summed E-state index contributed by atoms with van der Waals surface area (Å²) >= 11 is 0. The normalized spacial score (nSPS) is 17.5. The Morgan fingerprint density at radius 3 is 1.94 bits per heavy atom. The molecule has 2 rings (SSSR count). The zero-order chi connectivity index (χ0) is 12.5. The molecule has 0 unspecified atom stereocenters. The van der Waals surface area contributed by atoms with Crippen LogP contribution in [0.15, 0.2) is 30.3 Å². The molecule has 18 heavy (non-hydrogen) atoms. The molecule has 0 bridgehead atoms. The SMILES string of the molecule is CCC1(c2ccccc2)C(=O)NC(=O)NC1=O.[CaH2]. The van der Waals surface area contributed by atoms with Gasteiger partial charge < -0.3 is 0 Å². The molecule has 5 nitrogen and oxygen atoms in total. The van der Waals surface area contributed by atoms with Crippen molar-refractivity contribution < 1.29 is 14.4 Å². The van der Waals surface area contributed by atoms with E-state index in [-0.39, 0.29) is 37.7 Å². The Labute approximate surface area is 134 Å². The number of imide groups is 2. The Kier molecular flexibility index (Phi) is 4.90. The molecular formula is C12H14CaN2O3. The standard InChI is InChI=1S/C12H12N2O3.Ca.2H/c1-2-12(8-6-4-3-5-7-8)9(15)13-11(17)14-10(12)16;;;/h3-7H,2H2,1H3,(H2,13,14,15,16,17);;;. The summed E-state index contributed by atoms with van der Waals surface area (Å²) in [5.74, 6) is -1.14. The first kappa shape index (κ1) is 15.1. The van der Waals surface area contributed by atoms with Crippen LogP contribution >= 0.6 is 0 Å². The van der Waals surface area contributed by atoms with Gasteiger partial charge >= 0.3 is 43.8 Å². The second kappa shape index (κ2) is 5.82. The van der Waals surface area contributed by atoms with Crippen LogP contribution in [0.2, 0.25) is 0 Å². The van der Waals surface area contributed by atoms with Crippen LogP contribution < -0.4 is 10.6 Å². The van der Waals surface area contributed by atoms with Gasteiger partial charge in [-0.15, -0.1) is 0 Å². The maximum atomic E-state index is 12.0. The number of carbonyl (C=O) groups is 3. The van der Waals surface area contributed by atoms with E-state index in [1.54, 1.807) is 37.3 Å². The number of benzene rings is 1. The minimum atomic E-state index is -1.31. The van der Waals surface area contributed by atoms with Crippen LogP contribution in [0.1, 0.15) is 18.9 Å². The van der Waals surface area contributed by atoms with Gasteiger partial charge in [0, 0.05) is 0 Å². The molecular weight excluding hydrogens is 260 g/mol. The minimum absolute atomic E-state index is 0. The summed E-state index contributed by atoms with van der Waals surface area (Å²) < 4.78 is 0. The van der Waals surface area contributed by atoms with E-state index >= 15 is 0 Å². The molecule has 1 aromatic rings. The first-order valence-corrected chi connectivity index (χ1v) is 5.33. The van der Waals surface area contributed by atoms with Crippen LogP contribution in [0.4, 0.5) is 4.79 Å². The molecule has 0 saturated carbocycles. The van der Waals surface area contributed by atoms with Gasteiger partial charge in [-0.2, -0.15) is 0 Å². The Bertz CT molecular complexity index is 467. The number of rotatable bonds is 2. The number of hydrogen-bond donors (Lipinski definition) is 2. The van der Waals surface area contributed by atoms with Crippen LogP contribution in [0.25, 0.3) is 0 Å². The van der Waals surface area contributed by atoms with Gasteiger partial charge in [0.2, 0.25) is 11.8 Å². The topological polar surface area (TPSA) is 75.3 Å². The van der Waals surface area contributed by atoms with Crippen LogP contribution in [0, 0.1) is 0 Å². The molecule has 0 aliphatic carbocycles. The molecule has 0 spiro atoms. The van der Waals surface area contributed by atoms with E-state index in [4.69, 9.17) is 0 Å². The van der Waals surface area contributed by atoms with Crippen molar-refractivity contribution >= 4 is 55.6 Å². The maximum absolute atomic E-state index is 12.0. The summed E-state index contributed by atoms with van der Waals surface area (Å²) in [4.78, 5) is 35.0. The number of barbiturate groups is 1. The molecule has 1 aromatic carbocycles. The van der Waals surface area contributed by atoms with E-state index in [2.05, 4.69) is 10.6 Å². The van der Waals surface area contributed by atoms with Crippen LogP contribution in [-0.4, -0.2) is 55.6 Å². The van der Waals surface area contributed by atoms with Gasteiger partial charge in [0.15, 0.2) is 5.41 Å². The van der Waals surface area contributed by atoms with Crippen molar-refractivity contribution in [2.45, 2.75) is 18.8 Å². The molecule has 1 saturated heterocycles. The second-order valence-electron chi connectivity index (χ2n) is 3.86. The van der Waals surface area contributed by atoms with Gasteiger partial charge in [-0.25, -0.2) is 4.79 Å². The van der Waals surface area contributed by atoms with Gasteiger partial charge in [-0.3, -0.25) is 20.2 Å². The van der Waals surface area contributed by atoms with Gasteiger partial charge in [0.25, 0.3) is 0 Å². The van der Waals surface area contributed by atoms with Crippen LogP contribution in [0.3, 0.4) is 0 Å².